The second-order valence-electron chi connectivity index (χ2n) is 7.59. The highest BCUT2D eigenvalue weighted by Gasteiger charge is 2.54. The minimum absolute atomic E-state index is 0.0321. The Bertz CT molecular complexity index is 533. The van der Waals surface area contributed by atoms with Crippen molar-refractivity contribution in [3.8, 4) is 0 Å². The normalized spacial score (nSPS) is 24.3. The lowest BCUT2D eigenvalue weighted by atomic mass is 9.65. The summed E-state index contributed by atoms with van der Waals surface area (Å²) >= 11 is 0. The predicted octanol–water partition coefficient (Wildman–Crippen LogP) is 3.77. The fourth-order valence-corrected chi connectivity index (χ4v) is 2.91. The predicted molar refractivity (Wildman–Crippen MR) is 87.6 cm³/mol. The van der Waals surface area contributed by atoms with Gasteiger partial charge in [0.05, 0.1) is 11.2 Å². The average molecular weight is 300 g/mol. The van der Waals surface area contributed by atoms with E-state index in [1.165, 1.54) is 0 Å². The first-order chi connectivity index (χ1) is 10.3. The highest BCUT2D eigenvalue weighted by atomic mass is 16.7. The topological polar surface area (TPSA) is 35.5 Å². The lowest BCUT2D eigenvalue weighted by molar-refractivity contribution is -0.120. The molecule has 1 aliphatic heterocycles. The molecule has 0 spiro atoms. The standard InChI is InChI=1S/C18H25BO3/c1-17(2)18(3,4)22-19(21-17)15(12-16(20)14-10-11-14)13-8-6-5-7-9-13/h5-9,14-15H,10-12H2,1-4H3/t15-/m0/s1. The van der Waals surface area contributed by atoms with Crippen LogP contribution in [0.4, 0.5) is 0 Å². The molecule has 3 rings (SSSR count). The van der Waals surface area contributed by atoms with Crippen LogP contribution in [-0.2, 0) is 14.1 Å². The Morgan fingerprint density at radius 3 is 2.18 bits per heavy atom. The Morgan fingerprint density at radius 1 is 1.14 bits per heavy atom. The summed E-state index contributed by atoms with van der Waals surface area (Å²) in [5.41, 5.74) is 0.385. The van der Waals surface area contributed by atoms with Crippen LogP contribution in [0.1, 0.15) is 58.3 Å². The Kier molecular flexibility index (Phi) is 3.94. The van der Waals surface area contributed by atoms with Gasteiger partial charge in [0.2, 0.25) is 0 Å². The van der Waals surface area contributed by atoms with Crippen LogP contribution in [0.25, 0.3) is 0 Å². The van der Waals surface area contributed by atoms with Crippen molar-refractivity contribution in [2.75, 3.05) is 0 Å². The van der Waals surface area contributed by atoms with Gasteiger partial charge in [0, 0.05) is 18.2 Å². The van der Waals surface area contributed by atoms with Gasteiger partial charge in [-0.2, -0.15) is 0 Å². The number of Topliss-reactive ketones (excluding diaryl/α,β-unsaturated/α-hetero) is 1. The fraction of sp³-hybridized carbons (Fsp3) is 0.611. The summed E-state index contributed by atoms with van der Waals surface area (Å²) in [5.74, 6) is 0.590. The lowest BCUT2D eigenvalue weighted by Crippen LogP contribution is -2.41. The molecule has 1 aliphatic carbocycles. The van der Waals surface area contributed by atoms with E-state index in [0.717, 1.165) is 18.4 Å². The average Bonchev–Trinajstić information content (AvgIpc) is 3.25. The van der Waals surface area contributed by atoms with E-state index in [-0.39, 0.29) is 30.1 Å². The van der Waals surface area contributed by atoms with Gasteiger partial charge in [-0.25, -0.2) is 0 Å². The van der Waals surface area contributed by atoms with Crippen LogP contribution in [0.15, 0.2) is 30.3 Å². The number of hydrogen-bond donors (Lipinski definition) is 0. The number of carbonyl (C=O) groups is 1. The second kappa shape index (κ2) is 5.50. The Hall–Kier alpha value is -1.13. The minimum atomic E-state index is -0.368. The van der Waals surface area contributed by atoms with Gasteiger partial charge in [-0.15, -0.1) is 0 Å². The molecule has 0 aromatic heterocycles. The number of rotatable bonds is 5. The molecule has 0 bridgehead atoms. The van der Waals surface area contributed by atoms with Crippen molar-refractivity contribution in [1.29, 1.82) is 0 Å². The molecular weight excluding hydrogens is 275 g/mol. The Labute approximate surface area is 133 Å². The third-order valence-corrected chi connectivity index (χ3v) is 5.28. The second-order valence-corrected chi connectivity index (χ2v) is 7.59. The summed E-state index contributed by atoms with van der Waals surface area (Å²) in [6.07, 6.45) is 2.60. The van der Waals surface area contributed by atoms with Crippen molar-refractivity contribution in [1.82, 2.24) is 0 Å². The van der Waals surface area contributed by atoms with Crippen LogP contribution in [0.2, 0.25) is 0 Å². The largest absolute Gasteiger partial charge is 0.466 e. The number of carbonyl (C=O) groups excluding carboxylic acids is 1. The number of hydrogen-bond acceptors (Lipinski definition) is 3. The van der Waals surface area contributed by atoms with E-state index in [4.69, 9.17) is 9.31 Å². The van der Waals surface area contributed by atoms with E-state index >= 15 is 0 Å². The summed E-state index contributed by atoms with van der Waals surface area (Å²) < 4.78 is 12.4. The maximum absolute atomic E-state index is 12.4. The van der Waals surface area contributed by atoms with Crippen LogP contribution in [-0.4, -0.2) is 24.1 Å². The molecule has 1 heterocycles. The highest BCUT2D eigenvalue weighted by molar-refractivity contribution is 6.48. The first kappa shape index (κ1) is 15.8. The highest BCUT2D eigenvalue weighted by Crippen LogP contribution is 2.43. The summed E-state index contributed by atoms with van der Waals surface area (Å²) in [5, 5.41) is 0. The molecule has 0 N–H and O–H groups in total. The SMILES string of the molecule is CC1(C)OB([C@@H](CC(=O)C2CC2)c2ccccc2)OC1(C)C. The van der Waals surface area contributed by atoms with Crippen molar-refractivity contribution >= 4 is 12.9 Å². The van der Waals surface area contributed by atoms with Crippen molar-refractivity contribution < 1.29 is 14.1 Å². The van der Waals surface area contributed by atoms with Crippen LogP contribution in [0, 0.1) is 5.92 Å². The molecule has 118 valence electrons. The zero-order valence-electron chi connectivity index (χ0n) is 14.0. The lowest BCUT2D eigenvalue weighted by Gasteiger charge is -2.32. The summed E-state index contributed by atoms with van der Waals surface area (Å²) in [6.45, 7) is 8.21. The molecule has 0 amide bonds. The van der Waals surface area contributed by atoms with E-state index in [2.05, 4.69) is 39.8 Å². The monoisotopic (exact) mass is 300 g/mol. The van der Waals surface area contributed by atoms with E-state index in [1.807, 2.05) is 18.2 Å². The molecule has 2 aliphatic rings. The van der Waals surface area contributed by atoms with E-state index < -0.39 is 0 Å². The Morgan fingerprint density at radius 2 is 1.68 bits per heavy atom. The van der Waals surface area contributed by atoms with Gasteiger partial charge in [-0.1, -0.05) is 30.3 Å². The van der Waals surface area contributed by atoms with Gasteiger partial charge >= 0.3 is 7.12 Å². The quantitative estimate of drug-likeness (QED) is 0.776. The van der Waals surface area contributed by atoms with Gasteiger partial charge in [0.25, 0.3) is 0 Å². The number of benzene rings is 1. The smallest absolute Gasteiger partial charge is 0.403 e. The van der Waals surface area contributed by atoms with Crippen molar-refractivity contribution in [3.05, 3.63) is 35.9 Å². The van der Waals surface area contributed by atoms with Gasteiger partial charge in [-0.3, -0.25) is 4.79 Å². The minimum Gasteiger partial charge on any atom is -0.403 e. The molecule has 4 heteroatoms. The molecule has 1 aromatic rings. The molecule has 1 atom stereocenters. The zero-order valence-corrected chi connectivity index (χ0v) is 14.0. The van der Waals surface area contributed by atoms with E-state index in [0.29, 0.717) is 12.2 Å². The van der Waals surface area contributed by atoms with Crippen LogP contribution in [0.3, 0.4) is 0 Å². The zero-order chi connectivity index (χ0) is 16.0. The molecule has 0 unspecified atom stereocenters. The maximum atomic E-state index is 12.4. The molecule has 3 nitrogen and oxygen atoms in total. The van der Waals surface area contributed by atoms with Gasteiger partial charge in [-0.05, 0) is 46.1 Å². The third kappa shape index (κ3) is 2.99. The molecule has 22 heavy (non-hydrogen) atoms. The van der Waals surface area contributed by atoms with Crippen LogP contribution < -0.4 is 0 Å². The fourth-order valence-electron chi connectivity index (χ4n) is 2.91. The first-order valence-electron chi connectivity index (χ1n) is 8.23. The maximum Gasteiger partial charge on any atom is 0.466 e. The summed E-state index contributed by atoms with van der Waals surface area (Å²) in [7, 11) is -0.366. The van der Waals surface area contributed by atoms with E-state index in [1.54, 1.807) is 0 Å². The third-order valence-electron chi connectivity index (χ3n) is 5.28. The van der Waals surface area contributed by atoms with Gasteiger partial charge in [0.1, 0.15) is 5.78 Å². The van der Waals surface area contributed by atoms with Crippen LogP contribution in [0.5, 0.6) is 0 Å². The molecule has 1 saturated heterocycles. The van der Waals surface area contributed by atoms with Crippen molar-refractivity contribution in [2.24, 2.45) is 5.92 Å². The molecular formula is C18H25BO3. The molecule has 1 aromatic carbocycles. The molecule has 0 radical (unpaired) electrons. The first-order valence-corrected chi connectivity index (χ1v) is 8.23. The van der Waals surface area contributed by atoms with Crippen molar-refractivity contribution in [3.63, 3.8) is 0 Å². The summed E-state index contributed by atoms with van der Waals surface area (Å²) in [4.78, 5) is 12.4. The van der Waals surface area contributed by atoms with Crippen LogP contribution >= 0.6 is 0 Å². The van der Waals surface area contributed by atoms with Gasteiger partial charge < -0.3 is 9.31 Å². The molecule has 2 fully saturated rings. The van der Waals surface area contributed by atoms with Gasteiger partial charge in [0.15, 0.2) is 0 Å². The number of ketones is 1. The molecule has 1 saturated carbocycles. The Balaban J connectivity index is 1.84. The van der Waals surface area contributed by atoms with Crippen molar-refractivity contribution in [2.45, 2.75) is 64.0 Å². The van der Waals surface area contributed by atoms with E-state index in [9.17, 15) is 4.79 Å². The summed E-state index contributed by atoms with van der Waals surface area (Å²) in [6, 6.07) is 10.1.